The van der Waals surface area contributed by atoms with Crippen LogP contribution in [-0.4, -0.2) is 21.6 Å². The molecule has 1 fully saturated rings. The van der Waals surface area contributed by atoms with Crippen LogP contribution in [0.4, 0.5) is 5.95 Å². The van der Waals surface area contributed by atoms with Gasteiger partial charge in [0.1, 0.15) is 6.17 Å². The molecule has 0 saturated heterocycles. The van der Waals surface area contributed by atoms with E-state index in [0.717, 1.165) is 30.9 Å². The number of fused-ring (bicyclic) bond motifs is 1. The summed E-state index contributed by atoms with van der Waals surface area (Å²) in [6, 6.07) is 2.07. The smallest absolute Gasteiger partial charge is 0.256 e. The number of hydrogen-bond acceptors (Lipinski definition) is 5. The summed E-state index contributed by atoms with van der Waals surface area (Å²) in [6.45, 7) is 1.86. The van der Waals surface area contributed by atoms with Crippen molar-refractivity contribution in [3.05, 3.63) is 34.3 Å². The Bertz CT molecular complexity index is 745. The highest BCUT2D eigenvalue weighted by atomic mass is 16.1. The normalized spacial score (nSPS) is 26.5. The molecule has 1 aliphatic heterocycles. The first kappa shape index (κ1) is 16.4. The molecule has 3 aliphatic rings. The minimum absolute atomic E-state index is 0.0185. The standard InChI is InChI=1S/C19H27N5O/c1-13-12-16(25)24-17(14-8-4-2-5-9-14)22-18(23-19(24)20-13)21-15-10-6-3-7-11-15/h2,4,12,14-15,17H,3,5-11H2,1H3,(H2,20,21,22,23). The third kappa shape index (κ3) is 3.48. The summed E-state index contributed by atoms with van der Waals surface area (Å²) in [4.78, 5) is 22.1. The molecule has 0 radical (unpaired) electrons. The zero-order chi connectivity index (χ0) is 17.2. The Hall–Kier alpha value is -2.11. The largest absolute Gasteiger partial charge is 0.353 e. The summed E-state index contributed by atoms with van der Waals surface area (Å²) in [5, 5.41) is 6.84. The number of aliphatic imine (C=N–C) groups is 1. The highest BCUT2D eigenvalue weighted by Crippen LogP contribution is 2.33. The van der Waals surface area contributed by atoms with E-state index < -0.39 is 0 Å². The molecule has 25 heavy (non-hydrogen) atoms. The summed E-state index contributed by atoms with van der Waals surface area (Å²) in [5.74, 6) is 1.75. The Balaban J connectivity index is 1.65. The van der Waals surface area contributed by atoms with E-state index in [1.807, 2.05) is 6.92 Å². The second-order valence-corrected chi connectivity index (χ2v) is 7.47. The highest BCUT2D eigenvalue weighted by molar-refractivity contribution is 5.93. The van der Waals surface area contributed by atoms with Crippen molar-refractivity contribution in [1.82, 2.24) is 14.9 Å². The van der Waals surface area contributed by atoms with Crippen LogP contribution < -0.4 is 16.2 Å². The van der Waals surface area contributed by atoms with Gasteiger partial charge in [-0.15, -0.1) is 0 Å². The van der Waals surface area contributed by atoms with Gasteiger partial charge in [0.2, 0.25) is 5.95 Å². The number of guanidine groups is 1. The van der Waals surface area contributed by atoms with E-state index in [9.17, 15) is 4.79 Å². The molecule has 0 spiro atoms. The number of aryl methyl sites for hydroxylation is 1. The molecule has 1 aromatic heterocycles. The number of aromatic nitrogens is 2. The lowest BCUT2D eigenvalue weighted by molar-refractivity contribution is 0.305. The maximum atomic E-state index is 12.6. The van der Waals surface area contributed by atoms with Gasteiger partial charge < -0.3 is 5.32 Å². The molecule has 2 heterocycles. The lowest BCUT2D eigenvalue weighted by atomic mass is 9.91. The van der Waals surface area contributed by atoms with Gasteiger partial charge in [-0.1, -0.05) is 31.4 Å². The van der Waals surface area contributed by atoms with E-state index >= 15 is 0 Å². The quantitative estimate of drug-likeness (QED) is 0.811. The topological polar surface area (TPSA) is 71.3 Å². The predicted octanol–water partition coefficient (Wildman–Crippen LogP) is 3.11. The van der Waals surface area contributed by atoms with Crippen LogP contribution in [0.3, 0.4) is 0 Å². The van der Waals surface area contributed by atoms with Gasteiger partial charge in [0.15, 0.2) is 5.96 Å². The van der Waals surface area contributed by atoms with Gasteiger partial charge >= 0.3 is 0 Å². The monoisotopic (exact) mass is 341 g/mol. The van der Waals surface area contributed by atoms with Crippen LogP contribution in [0.25, 0.3) is 0 Å². The second-order valence-electron chi connectivity index (χ2n) is 7.47. The Kier molecular flexibility index (Phi) is 4.59. The van der Waals surface area contributed by atoms with Crippen LogP contribution in [-0.2, 0) is 0 Å². The van der Waals surface area contributed by atoms with Crippen molar-refractivity contribution in [2.75, 3.05) is 5.32 Å². The van der Waals surface area contributed by atoms with Gasteiger partial charge in [-0.2, -0.15) is 0 Å². The molecular formula is C19H27N5O. The summed E-state index contributed by atoms with van der Waals surface area (Å²) >= 11 is 0. The summed E-state index contributed by atoms with van der Waals surface area (Å²) in [6.07, 6.45) is 13.6. The molecule has 1 saturated carbocycles. The first-order valence-corrected chi connectivity index (χ1v) is 9.57. The Morgan fingerprint density at radius 1 is 1.20 bits per heavy atom. The van der Waals surface area contributed by atoms with E-state index in [0.29, 0.717) is 17.9 Å². The Labute approximate surface area is 148 Å². The minimum Gasteiger partial charge on any atom is -0.353 e. The fourth-order valence-corrected chi connectivity index (χ4v) is 4.20. The van der Waals surface area contributed by atoms with E-state index in [4.69, 9.17) is 4.99 Å². The van der Waals surface area contributed by atoms with Crippen LogP contribution in [0.15, 0.2) is 28.0 Å². The van der Waals surface area contributed by atoms with Crippen LogP contribution in [0.5, 0.6) is 0 Å². The SMILES string of the molecule is Cc1cc(=O)n2c(n1)NC(NC1CCCCC1)=NC2C1CC=CCC1. The Morgan fingerprint density at radius 2 is 2.04 bits per heavy atom. The Morgan fingerprint density at radius 3 is 2.80 bits per heavy atom. The van der Waals surface area contributed by atoms with Crippen molar-refractivity contribution in [3.8, 4) is 0 Å². The number of hydrogen-bond donors (Lipinski definition) is 2. The highest BCUT2D eigenvalue weighted by Gasteiger charge is 2.31. The molecule has 134 valence electrons. The molecule has 2 aliphatic carbocycles. The van der Waals surface area contributed by atoms with E-state index in [2.05, 4.69) is 27.8 Å². The predicted molar refractivity (Wildman–Crippen MR) is 99.8 cm³/mol. The third-order valence-electron chi connectivity index (χ3n) is 5.51. The first-order chi connectivity index (χ1) is 12.2. The number of rotatable bonds is 2. The van der Waals surface area contributed by atoms with Crippen molar-refractivity contribution in [3.63, 3.8) is 0 Å². The van der Waals surface area contributed by atoms with Crippen LogP contribution in [0, 0.1) is 12.8 Å². The molecule has 2 unspecified atom stereocenters. The van der Waals surface area contributed by atoms with Crippen molar-refractivity contribution in [2.24, 2.45) is 10.9 Å². The molecule has 2 N–H and O–H groups in total. The van der Waals surface area contributed by atoms with Gasteiger partial charge in [-0.3, -0.25) is 14.7 Å². The zero-order valence-corrected chi connectivity index (χ0v) is 14.9. The maximum Gasteiger partial charge on any atom is 0.256 e. The van der Waals surface area contributed by atoms with Gasteiger partial charge in [0, 0.05) is 23.7 Å². The average molecular weight is 341 g/mol. The minimum atomic E-state index is -0.173. The van der Waals surface area contributed by atoms with Crippen LogP contribution >= 0.6 is 0 Å². The lowest BCUT2D eigenvalue weighted by Gasteiger charge is -2.34. The van der Waals surface area contributed by atoms with Gasteiger partial charge in [-0.25, -0.2) is 9.98 Å². The first-order valence-electron chi connectivity index (χ1n) is 9.57. The molecule has 0 amide bonds. The van der Waals surface area contributed by atoms with E-state index in [1.165, 1.54) is 32.1 Å². The maximum absolute atomic E-state index is 12.6. The molecule has 0 bridgehead atoms. The molecule has 4 rings (SSSR count). The fourth-order valence-electron chi connectivity index (χ4n) is 4.20. The number of allylic oxidation sites excluding steroid dienone is 2. The molecule has 0 aromatic carbocycles. The van der Waals surface area contributed by atoms with Gasteiger partial charge in [-0.05, 0) is 39.0 Å². The summed E-state index contributed by atoms with van der Waals surface area (Å²) in [5.41, 5.74) is 0.722. The lowest BCUT2D eigenvalue weighted by Crippen LogP contribution is -2.46. The van der Waals surface area contributed by atoms with Crippen LogP contribution in [0.1, 0.15) is 63.2 Å². The average Bonchev–Trinajstić information content (AvgIpc) is 2.62. The third-order valence-corrected chi connectivity index (χ3v) is 5.51. The van der Waals surface area contributed by atoms with Crippen LogP contribution in [0.2, 0.25) is 0 Å². The molecular weight excluding hydrogens is 314 g/mol. The van der Waals surface area contributed by atoms with E-state index in [-0.39, 0.29) is 11.7 Å². The van der Waals surface area contributed by atoms with Crippen molar-refractivity contribution >= 4 is 11.9 Å². The fraction of sp³-hybridized carbons (Fsp3) is 0.632. The second kappa shape index (κ2) is 7.02. The summed E-state index contributed by atoms with van der Waals surface area (Å²) in [7, 11) is 0. The van der Waals surface area contributed by atoms with Crippen molar-refractivity contribution < 1.29 is 0 Å². The number of nitrogens with zero attached hydrogens (tertiary/aromatic N) is 3. The van der Waals surface area contributed by atoms with Gasteiger partial charge in [0.05, 0.1) is 0 Å². The van der Waals surface area contributed by atoms with Crippen molar-refractivity contribution in [2.45, 2.75) is 70.5 Å². The zero-order valence-electron chi connectivity index (χ0n) is 14.9. The molecule has 2 atom stereocenters. The molecule has 6 heteroatoms. The molecule has 6 nitrogen and oxygen atoms in total. The summed E-state index contributed by atoms with van der Waals surface area (Å²) < 4.78 is 1.74. The number of anilines is 1. The van der Waals surface area contributed by atoms with E-state index in [1.54, 1.807) is 10.6 Å². The van der Waals surface area contributed by atoms with Crippen molar-refractivity contribution in [1.29, 1.82) is 0 Å². The molecule has 1 aromatic rings. The number of nitrogens with one attached hydrogen (secondary N) is 2. The van der Waals surface area contributed by atoms with Gasteiger partial charge in [0.25, 0.3) is 5.56 Å².